The van der Waals surface area contributed by atoms with Crippen LogP contribution in [0, 0.1) is 18.2 Å². The summed E-state index contributed by atoms with van der Waals surface area (Å²) in [5.74, 6) is -3.13. The second kappa shape index (κ2) is 10.7. The third-order valence-electron chi connectivity index (χ3n) is 5.36. The van der Waals surface area contributed by atoms with Crippen LogP contribution in [0.1, 0.15) is 5.69 Å². The fourth-order valence-corrected chi connectivity index (χ4v) is 3.63. The van der Waals surface area contributed by atoms with Crippen LogP contribution in [0.2, 0.25) is 0 Å². The molecule has 0 radical (unpaired) electrons. The fourth-order valence-electron chi connectivity index (χ4n) is 3.63. The molecule has 0 aliphatic carbocycles. The lowest BCUT2D eigenvalue weighted by atomic mass is 10.2. The largest absolute Gasteiger partial charge is 0.490 e. The van der Waals surface area contributed by atoms with E-state index in [4.69, 9.17) is 25.8 Å². The number of hydrogen-bond acceptors (Lipinski definition) is 7. The van der Waals surface area contributed by atoms with Gasteiger partial charge in [0.1, 0.15) is 11.9 Å². The standard InChI is InChI=1S/C18H23FN8O2.C2HF3O2/c1-12-9-26(23-22-12)10-14-11-27(18(28)29-14)13-2-3-16(15(19)8-13)24-4-6-25(7-5-24)17(20)21;3-2(4,5)1(6)7/h2-3,8-9,14H,4-7,10-11H2,1H3,(H3,20,21);(H,6,7)/t14-;/m0./s1. The minimum absolute atomic E-state index is 0.0311. The zero-order chi connectivity index (χ0) is 26.6. The molecule has 2 aromatic rings. The van der Waals surface area contributed by atoms with Crippen LogP contribution in [0.4, 0.5) is 33.7 Å². The number of benzene rings is 1. The van der Waals surface area contributed by atoms with Crippen LogP contribution in [0.5, 0.6) is 0 Å². The van der Waals surface area contributed by atoms with Gasteiger partial charge in [-0.2, -0.15) is 13.2 Å². The lowest BCUT2D eigenvalue weighted by Crippen LogP contribution is -2.51. The Morgan fingerprint density at radius 3 is 2.42 bits per heavy atom. The number of halogens is 4. The molecule has 1 aromatic heterocycles. The van der Waals surface area contributed by atoms with E-state index in [1.54, 1.807) is 27.9 Å². The number of ether oxygens (including phenoxy) is 1. The molecular weight excluding hydrogens is 492 g/mol. The zero-order valence-corrected chi connectivity index (χ0v) is 19.1. The second-order valence-electron chi connectivity index (χ2n) is 8.00. The molecule has 0 bridgehead atoms. The van der Waals surface area contributed by atoms with Gasteiger partial charge in [-0.15, -0.1) is 5.10 Å². The maximum atomic E-state index is 14.8. The highest BCUT2D eigenvalue weighted by Crippen LogP contribution is 2.28. The van der Waals surface area contributed by atoms with Gasteiger partial charge in [0, 0.05) is 32.4 Å². The number of rotatable bonds is 4. The van der Waals surface area contributed by atoms with Gasteiger partial charge in [-0.25, -0.2) is 18.7 Å². The molecule has 36 heavy (non-hydrogen) atoms. The first-order valence-electron chi connectivity index (χ1n) is 10.6. The molecule has 1 aromatic carbocycles. The zero-order valence-electron chi connectivity index (χ0n) is 19.1. The number of guanidine groups is 1. The van der Waals surface area contributed by atoms with E-state index >= 15 is 0 Å². The molecule has 0 spiro atoms. The Hall–Kier alpha value is -4.11. The minimum Gasteiger partial charge on any atom is -0.475 e. The molecular formula is C20H24F4N8O4. The molecule has 16 heteroatoms. The second-order valence-corrected chi connectivity index (χ2v) is 8.00. The summed E-state index contributed by atoms with van der Waals surface area (Å²) < 4.78 is 53.5. The summed E-state index contributed by atoms with van der Waals surface area (Å²) in [6, 6.07) is 4.75. The van der Waals surface area contributed by atoms with Gasteiger partial charge in [0.15, 0.2) is 5.96 Å². The summed E-state index contributed by atoms with van der Waals surface area (Å²) in [6.45, 7) is 4.82. The SMILES string of the molecule is Cc1cn(C[C@H]2CN(c3ccc(N4CCN(C(=N)N)CC4)c(F)c3)C(=O)O2)nn1.O=C(O)C(F)(F)F. The number of carboxylic acid groups (broad SMARTS) is 1. The van der Waals surface area contributed by atoms with Gasteiger partial charge in [-0.1, -0.05) is 5.21 Å². The van der Waals surface area contributed by atoms with Crippen LogP contribution in [0.25, 0.3) is 0 Å². The molecule has 196 valence electrons. The maximum Gasteiger partial charge on any atom is 0.490 e. The molecule has 2 fully saturated rings. The van der Waals surface area contributed by atoms with E-state index in [9.17, 15) is 22.4 Å². The van der Waals surface area contributed by atoms with E-state index in [1.165, 1.54) is 11.0 Å². The minimum atomic E-state index is -5.08. The summed E-state index contributed by atoms with van der Waals surface area (Å²) in [6.07, 6.45) is -4.20. The number of nitrogens with zero attached hydrogens (tertiary/aromatic N) is 6. The van der Waals surface area contributed by atoms with E-state index in [0.717, 1.165) is 5.69 Å². The molecule has 4 rings (SSSR count). The van der Waals surface area contributed by atoms with Crippen molar-refractivity contribution in [3.63, 3.8) is 0 Å². The van der Waals surface area contributed by atoms with E-state index in [0.29, 0.717) is 50.6 Å². The number of piperazine rings is 1. The van der Waals surface area contributed by atoms with Crippen LogP contribution in [0.15, 0.2) is 24.4 Å². The number of anilines is 2. The lowest BCUT2D eigenvalue weighted by Gasteiger charge is -2.36. The van der Waals surface area contributed by atoms with Gasteiger partial charge < -0.3 is 25.4 Å². The number of carbonyl (C=O) groups is 2. The highest BCUT2D eigenvalue weighted by Gasteiger charge is 2.38. The fraction of sp³-hybridized carbons (Fsp3) is 0.450. The van der Waals surface area contributed by atoms with Crippen molar-refractivity contribution in [2.24, 2.45) is 5.73 Å². The molecule has 3 heterocycles. The molecule has 1 amide bonds. The first-order valence-corrected chi connectivity index (χ1v) is 10.6. The van der Waals surface area contributed by atoms with E-state index in [2.05, 4.69) is 10.3 Å². The first-order chi connectivity index (χ1) is 16.8. The average Bonchev–Trinajstić information content (AvgIpc) is 3.38. The number of cyclic esters (lactones) is 1. The Morgan fingerprint density at radius 2 is 1.92 bits per heavy atom. The lowest BCUT2D eigenvalue weighted by molar-refractivity contribution is -0.192. The number of hydrogen-bond donors (Lipinski definition) is 3. The van der Waals surface area contributed by atoms with Gasteiger partial charge in [-0.05, 0) is 25.1 Å². The molecule has 1 atom stereocenters. The number of aryl methyl sites for hydroxylation is 1. The Labute approximate surface area is 202 Å². The maximum absolute atomic E-state index is 14.8. The van der Waals surface area contributed by atoms with Crippen LogP contribution in [0.3, 0.4) is 0 Å². The van der Waals surface area contributed by atoms with Crippen molar-refractivity contribution < 1.29 is 37.0 Å². The van der Waals surface area contributed by atoms with Crippen LogP contribution in [-0.4, -0.2) is 88.0 Å². The van der Waals surface area contributed by atoms with Gasteiger partial charge in [-0.3, -0.25) is 10.3 Å². The predicted molar refractivity (Wildman–Crippen MR) is 118 cm³/mol. The van der Waals surface area contributed by atoms with E-state index < -0.39 is 24.1 Å². The summed E-state index contributed by atoms with van der Waals surface area (Å²) in [5, 5.41) is 22.5. The molecule has 4 N–H and O–H groups in total. The normalized spacial score (nSPS) is 18.0. The van der Waals surface area contributed by atoms with Crippen molar-refractivity contribution in [2.45, 2.75) is 25.7 Å². The molecule has 2 saturated heterocycles. The van der Waals surface area contributed by atoms with Crippen LogP contribution < -0.4 is 15.5 Å². The summed E-state index contributed by atoms with van der Waals surface area (Å²) in [7, 11) is 0. The number of carbonyl (C=O) groups excluding carboxylic acids is 1. The smallest absolute Gasteiger partial charge is 0.475 e. The number of nitrogens with two attached hydrogens (primary N) is 1. The highest BCUT2D eigenvalue weighted by atomic mass is 19.4. The van der Waals surface area contributed by atoms with Crippen molar-refractivity contribution >= 4 is 29.4 Å². The number of nitrogens with one attached hydrogen (secondary N) is 1. The number of alkyl halides is 3. The highest BCUT2D eigenvalue weighted by molar-refractivity contribution is 5.90. The van der Waals surface area contributed by atoms with E-state index in [1.807, 2.05) is 11.8 Å². The number of carboxylic acids is 1. The molecule has 0 unspecified atom stereocenters. The number of aromatic nitrogens is 3. The van der Waals surface area contributed by atoms with Crippen molar-refractivity contribution in [2.75, 3.05) is 42.5 Å². The summed E-state index contributed by atoms with van der Waals surface area (Å²) in [4.78, 5) is 26.3. The average molecular weight is 516 g/mol. The van der Waals surface area contributed by atoms with Crippen LogP contribution >= 0.6 is 0 Å². The van der Waals surface area contributed by atoms with Crippen molar-refractivity contribution in [3.05, 3.63) is 35.9 Å². The first kappa shape index (κ1) is 26.5. The summed E-state index contributed by atoms with van der Waals surface area (Å²) >= 11 is 0. The number of amides is 1. The van der Waals surface area contributed by atoms with E-state index in [-0.39, 0.29) is 12.1 Å². The Balaban J connectivity index is 0.000000454. The Bertz CT molecular complexity index is 1120. The molecule has 0 saturated carbocycles. The van der Waals surface area contributed by atoms with Crippen molar-refractivity contribution in [1.29, 1.82) is 5.41 Å². The van der Waals surface area contributed by atoms with Gasteiger partial charge in [0.2, 0.25) is 0 Å². The summed E-state index contributed by atoms with van der Waals surface area (Å²) in [5.41, 5.74) is 7.21. The topological polar surface area (TPSA) is 154 Å². The quantitative estimate of drug-likeness (QED) is 0.311. The Kier molecular flexibility index (Phi) is 7.84. The van der Waals surface area contributed by atoms with Gasteiger partial charge in [0.25, 0.3) is 0 Å². The Morgan fingerprint density at radius 1 is 1.28 bits per heavy atom. The van der Waals surface area contributed by atoms with Crippen molar-refractivity contribution in [1.82, 2.24) is 19.9 Å². The monoisotopic (exact) mass is 516 g/mol. The third kappa shape index (κ3) is 6.51. The van der Waals surface area contributed by atoms with Gasteiger partial charge >= 0.3 is 18.2 Å². The van der Waals surface area contributed by atoms with Crippen LogP contribution in [-0.2, 0) is 16.1 Å². The van der Waals surface area contributed by atoms with Crippen molar-refractivity contribution in [3.8, 4) is 0 Å². The molecule has 12 nitrogen and oxygen atoms in total. The third-order valence-corrected chi connectivity index (χ3v) is 5.36. The number of aliphatic carboxylic acids is 1. The van der Waals surface area contributed by atoms with Gasteiger partial charge in [0.05, 0.1) is 30.2 Å². The predicted octanol–water partition coefficient (Wildman–Crippen LogP) is 1.40. The molecule has 2 aliphatic heterocycles. The molecule has 2 aliphatic rings.